The van der Waals surface area contributed by atoms with Crippen LogP contribution in [0.2, 0.25) is 5.02 Å². The fraction of sp³-hybridized carbons (Fsp3) is 0.120. The molecule has 1 amide bonds. The van der Waals surface area contributed by atoms with Crippen LogP contribution in [0.1, 0.15) is 11.3 Å². The summed E-state index contributed by atoms with van der Waals surface area (Å²) in [6, 6.07) is 9.63. The number of methoxy groups -OCH3 is 1. The number of benzene rings is 2. The third-order valence-corrected chi connectivity index (χ3v) is 6.35. The number of halogens is 2. The summed E-state index contributed by atoms with van der Waals surface area (Å²) in [4.78, 5) is 16.9. The molecular formula is C25H20ClFN5O2S+. The zero-order valence-corrected chi connectivity index (χ0v) is 20.4. The Labute approximate surface area is 210 Å². The first kappa shape index (κ1) is 24.1. The molecule has 176 valence electrons. The fourth-order valence-electron chi connectivity index (χ4n) is 3.41. The first-order chi connectivity index (χ1) is 16.9. The summed E-state index contributed by atoms with van der Waals surface area (Å²) < 4.78 is 21.1. The van der Waals surface area contributed by atoms with Gasteiger partial charge in [0.05, 0.1) is 40.0 Å². The van der Waals surface area contributed by atoms with Gasteiger partial charge < -0.3 is 15.4 Å². The molecule has 2 heterocycles. The van der Waals surface area contributed by atoms with Gasteiger partial charge >= 0.3 is 0 Å². The summed E-state index contributed by atoms with van der Waals surface area (Å²) in [6.07, 6.45) is 4.65. The van der Waals surface area contributed by atoms with Crippen LogP contribution in [-0.4, -0.2) is 18.0 Å². The molecule has 0 aliphatic rings. The van der Waals surface area contributed by atoms with Gasteiger partial charge in [-0.3, -0.25) is 9.78 Å². The molecule has 0 saturated heterocycles. The van der Waals surface area contributed by atoms with E-state index in [1.54, 1.807) is 29.5 Å². The van der Waals surface area contributed by atoms with Crippen molar-refractivity contribution in [3.05, 3.63) is 81.7 Å². The summed E-state index contributed by atoms with van der Waals surface area (Å²) in [7, 11) is 1.49. The number of pyridine rings is 1. The highest BCUT2D eigenvalue weighted by molar-refractivity contribution is 7.07. The van der Waals surface area contributed by atoms with Crippen molar-refractivity contribution in [1.29, 1.82) is 5.26 Å². The van der Waals surface area contributed by atoms with Crippen molar-refractivity contribution in [3.8, 4) is 11.8 Å². The number of hydrogen-bond acceptors (Lipinski definition) is 6. The normalized spacial score (nSPS) is 10.9. The number of thiazole rings is 1. The maximum atomic E-state index is 13.6. The third kappa shape index (κ3) is 5.40. The number of allylic oxidation sites excluding steroid dienone is 1. The number of ether oxygens (including phenoxy) is 1. The molecule has 0 aliphatic carbocycles. The zero-order valence-electron chi connectivity index (χ0n) is 18.8. The van der Waals surface area contributed by atoms with Gasteiger partial charge in [0.2, 0.25) is 11.4 Å². The molecule has 0 bridgehead atoms. The molecule has 0 atom stereocenters. The van der Waals surface area contributed by atoms with Gasteiger partial charge in [-0.1, -0.05) is 22.9 Å². The standard InChI is InChI=1S/C25H19ClFN5O2S/c1-15-13-35-14-32(15)7-3-4-24(33)31-22-9-18-21(10-23(22)34-2)29-12-16(11-28)25(18)30-17-5-6-20(27)19(26)8-17/h3-6,8-10,12-14H,7H2,1-2H3,(H-,29,30,31,33)/p+1. The van der Waals surface area contributed by atoms with Crippen molar-refractivity contribution in [3.63, 3.8) is 0 Å². The number of nitriles is 1. The Morgan fingerprint density at radius 2 is 2.20 bits per heavy atom. The predicted molar refractivity (Wildman–Crippen MR) is 135 cm³/mol. The number of amides is 1. The van der Waals surface area contributed by atoms with Crippen molar-refractivity contribution in [2.24, 2.45) is 0 Å². The minimum atomic E-state index is -0.548. The number of nitrogens with zero attached hydrogens (tertiary/aromatic N) is 3. The van der Waals surface area contributed by atoms with Crippen molar-refractivity contribution >= 4 is 56.8 Å². The lowest BCUT2D eigenvalue weighted by Crippen LogP contribution is -2.32. The maximum Gasteiger partial charge on any atom is 0.248 e. The second kappa shape index (κ2) is 10.5. The molecule has 10 heteroatoms. The number of carbonyl (C=O) groups excluding carboxylic acids is 1. The Bertz CT molecular complexity index is 1500. The molecule has 0 aliphatic heterocycles. The Morgan fingerprint density at radius 1 is 1.37 bits per heavy atom. The van der Waals surface area contributed by atoms with Gasteiger partial charge in [0, 0.05) is 36.3 Å². The number of anilines is 3. The quantitative estimate of drug-likeness (QED) is 0.254. The largest absolute Gasteiger partial charge is 0.494 e. The Balaban J connectivity index is 1.67. The number of nitrogens with one attached hydrogen (secondary N) is 2. The maximum absolute atomic E-state index is 13.6. The zero-order chi connectivity index (χ0) is 24.9. The van der Waals surface area contributed by atoms with Gasteiger partial charge in [-0.05, 0) is 30.3 Å². The monoisotopic (exact) mass is 508 g/mol. The highest BCUT2D eigenvalue weighted by atomic mass is 35.5. The van der Waals surface area contributed by atoms with E-state index in [9.17, 15) is 14.4 Å². The molecule has 0 fully saturated rings. The average Bonchev–Trinajstić information content (AvgIpc) is 3.25. The average molecular weight is 509 g/mol. The number of rotatable bonds is 7. The SMILES string of the molecule is COc1cc2ncc(C#N)c(Nc3ccc(F)c(Cl)c3)c2cc1NC(=O)C=CC[n+]1cscc1C. The van der Waals surface area contributed by atoms with E-state index in [1.807, 2.05) is 22.4 Å². The molecule has 2 N–H and O–H groups in total. The lowest BCUT2D eigenvalue weighted by atomic mass is 10.1. The van der Waals surface area contributed by atoms with Crippen LogP contribution in [0, 0.1) is 24.1 Å². The van der Waals surface area contributed by atoms with Crippen molar-refractivity contribution < 1.29 is 18.5 Å². The van der Waals surface area contributed by atoms with Gasteiger partial charge in [-0.15, -0.1) is 0 Å². The molecule has 4 aromatic rings. The molecule has 2 aromatic heterocycles. The van der Waals surface area contributed by atoms with E-state index in [-0.39, 0.29) is 16.5 Å². The Hall–Kier alpha value is -4.00. The summed E-state index contributed by atoms with van der Waals surface area (Å²) in [5.41, 5.74) is 5.24. The first-order valence-electron chi connectivity index (χ1n) is 10.4. The van der Waals surface area contributed by atoms with Gasteiger partial charge in [-0.2, -0.15) is 9.83 Å². The molecule has 0 saturated carbocycles. The van der Waals surface area contributed by atoms with Crippen LogP contribution < -0.4 is 19.9 Å². The molecule has 7 nitrogen and oxygen atoms in total. The predicted octanol–water partition coefficient (Wildman–Crippen LogP) is 5.50. The van der Waals surface area contributed by atoms with Crippen LogP contribution >= 0.6 is 22.9 Å². The van der Waals surface area contributed by atoms with E-state index in [2.05, 4.69) is 21.7 Å². The van der Waals surface area contributed by atoms with Crippen LogP contribution in [0.5, 0.6) is 5.75 Å². The van der Waals surface area contributed by atoms with Crippen LogP contribution in [0.15, 0.2) is 59.6 Å². The minimum Gasteiger partial charge on any atom is -0.494 e. The number of aromatic nitrogens is 2. The molecule has 2 aromatic carbocycles. The van der Waals surface area contributed by atoms with Crippen LogP contribution in [0.4, 0.5) is 21.5 Å². The fourth-order valence-corrected chi connectivity index (χ4v) is 4.39. The highest BCUT2D eigenvalue weighted by Gasteiger charge is 2.15. The van der Waals surface area contributed by atoms with E-state index in [1.165, 1.54) is 37.6 Å². The molecule has 0 spiro atoms. The molecule has 35 heavy (non-hydrogen) atoms. The lowest BCUT2D eigenvalue weighted by molar-refractivity contribution is -0.688. The van der Waals surface area contributed by atoms with E-state index in [0.717, 1.165) is 5.69 Å². The summed E-state index contributed by atoms with van der Waals surface area (Å²) in [6.45, 7) is 2.57. The second-order valence-corrected chi connectivity index (χ2v) is 8.65. The Morgan fingerprint density at radius 3 is 2.89 bits per heavy atom. The van der Waals surface area contributed by atoms with Gasteiger partial charge in [0.1, 0.15) is 17.6 Å². The number of carbonyl (C=O) groups is 1. The molecule has 0 radical (unpaired) electrons. The van der Waals surface area contributed by atoms with Crippen molar-refractivity contribution in [2.75, 3.05) is 17.7 Å². The summed E-state index contributed by atoms with van der Waals surface area (Å²) in [5.74, 6) is -0.469. The molecular weight excluding hydrogens is 489 g/mol. The summed E-state index contributed by atoms with van der Waals surface area (Å²) >= 11 is 7.50. The topological polar surface area (TPSA) is 90.9 Å². The van der Waals surface area contributed by atoms with Crippen molar-refractivity contribution in [1.82, 2.24) is 4.98 Å². The van der Waals surface area contributed by atoms with E-state index in [0.29, 0.717) is 40.3 Å². The van der Waals surface area contributed by atoms with Gasteiger partial charge in [-0.25, -0.2) is 4.39 Å². The van der Waals surface area contributed by atoms with Crippen LogP contribution in [0.3, 0.4) is 0 Å². The van der Waals surface area contributed by atoms with Crippen LogP contribution in [0.25, 0.3) is 10.9 Å². The molecule has 4 rings (SSSR count). The van der Waals surface area contributed by atoms with E-state index in [4.69, 9.17) is 16.3 Å². The highest BCUT2D eigenvalue weighted by Crippen LogP contribution is 2.36. The van der Waals surface area contributed by atoms with E-state index >= 15 is 0 Å². The third-order valence-electron chi connectivity index (χ3n) is 5.21. The number of fused-ring (bicyclic) bond motifs is 1. The number of aryl methyl sites for hydroxylation is 1. The van der Waals surface area contributed by atoms with Crippen LogP contribution in [-0.2, 0) is 11.3 Å². The first-order valence-corrected chi connectivity index (χ1v) is 11.7. The lowest BCUT2D eigenvalue weighted by Gasteiger charge is -2.15. The molecule has 0 unspecified atom stereocenters. The van der Waals surface area contributed by atoms with E-state index < -0.39 is 5.82 Å². The second-order valence-electron chi connectivity index (χ2n) is 7.53. The Kier molecular flexibility index (Phi) is 7.25. The summed E-state index contributed by atoms with van der Waals surface area (Å²) in [5, 5.41) is 18.1. The minimum absolute atomic E-state index is 0.0518. The van der Waals surface area contributed by atoms with Crippen molar-refractivity contribution in [2.45, 2.75) is 13.5 Å². The van der Waals surface area contributed by atoms with Gasteiger partial charge in [0.25, 0.3) is 0 Å². The van der Waals surface area contributed by atoms with Gasteiger partial charge in [0.15, 0.2) is 12.2 Å². The number of hydrogen-bond donors (Lipinski definition) is 2. The smallest absolute Gasteiger partial charge is 0.248 e.